The first-order valence-electron chi connectivity index (χ1n) is 12.8. The van der Waals surface area contributed by atoms with Crippen molar-refractivity contribution >= 4 is 17.4 Å². The highest BCUT2D eigenvalue weighted by Gasteiger charge is 2.27. The molecule has 37 heavy (non-hydrogen) atoms. The normalized spacial score (nSPS) is 16.3. The monoisotopic (exact) mass is 494 g/mol. The average Bonchev–Trinajstić information content (AvgIpc) is 3.45. The summed E-state index contributed by atoms with van der Waals surface area (Å²) in [6.45, 7) is 4.30. The highest BCUT2D eigenvalue weighted by atomic mass is 15.5. The van der Waals surface area contributed by atoms with Crippen LogP contribution >= 0.6 is 0 Å². The van der Waals surface area contributed by atoms with Crippen molar-refractivity contribution in [1.29, 1.82) is 0 Å². The molecule has 190 valence electrons. The minimum Gasteiger partial charge on any atom is -0.334 e. The molecule has 1 aromatic carbocycles. The number of hydrogen-bond acceptors (Lipinski definition) is 7. The highest BCUT2D eigenvalue weighted by Crippen LogP contribution is 2.36. The van der Waals surface area contributed by atoms with Gasteiger partial charge in [0.15, 0.2) is 0 Å². The number of aliphatic imine (C=N–C) groups is 1. The van der Waals surface area contributed by atoms with Crippen LogP contribution in [0, 0.1) is 0 Å². The predicted molar refractivity (Wildman–Crippen MR) is 149 cm³/mol. The zero-order valence-electron chi connectivity index (χ0n) is 22.2. The summed E-state index contributed by atoms with van der Waals surface area (Å²) in [4.78, 5) is 13.7. The number of anilines is 1. The Labute approximate surface area is 218 Å². The van der Waals surface area contributed by atoms with Crippen LogP contribution in [0.2, 0.25) is 0 Å². The van der Waals surface area contributed by atoms with Crippen molar-refractivity contribution in [2.24, 2.45) is 12.0 Å². The molecule has 0 spiro atoms. The molecule has 0 saturated carbocycles. The molecule has 8 heteroatoms. The van der Waals surface area contributed by atoms with Crippen molar-refractivity contribution in [2.75, 3.05) is 19.4 Å². The fourth-order valence-corrected chi connectivity index (χ4v) is 4.83. The number of nitrogens with one attached hydrogen (secondary N) is 2. The van der Waals surface area contributed by atoms with Crippen molar-refractivity contribution in [1.82, 2.24) is 30.2 Å². The lowest BCUT2D eigenvalue weighted by atomic mass is 9.91. The second-order valence-electron chi connectivity index (χ2n) is 9.63. The van der Waals surface area contributed by atoms with Gasteiger partial charge in [0.1, 0.15) is 6.17 Å². The van der Waals surface area contributed by atoms with Gasteiger partial charge in [0.05, 0.1) is 17.1 Å². The van der Waals surface area contributed by atoms with Gasteiger partial charge in [0.25, 0.3) is 0 Å². The number of rotatable bonds is 7. The molecule has 0 saturated heterocycles. The summed E-state index contributed by atoms with van der Waals surface area (Å²) in [7, 11) is 5.76. The van der Waals surface area contributed by atoms with E-state index in [1.165, 1.54) is 11.1 Å². The van der Waals surface area contributed by atoms with Crippen molar-refractivity contribution < 1.29 is 0 Å². The molecule has 1 aliphatic carbocycles. The Hall–Kier alpha value is -4.00. The van der Waals surface area contributed by atoms with Crippen LogP contribution in [-0.2, 0) is 26.3 Å². The molecule has 0 radical (unpaired) electrons. The fraction of sp³-hybridized carbons (Fsp3) is 0.345. The van der Waals surface area contributed by atoms with E-state index in [1.54, 1.807) is 7.05 Å². The molecule has 0 amide bonds. The van der Waals surface area contributed by atoms with E-state index in [0.717, 1.165) is 65.0 Å². The topological polar surface area (TPSA) is 83.3 Å². The zero-order chi connectivity index (χ0) is 25.9. The van der Waals surface area contributed by atoms with E-state index in [9.17, 15) is 0 Å². The maximum atomic E-state index is 4.97. The summed E-state index contributed by atoms with van der Waals surface area (Å²) >= 11 is 0. The van der Waals surface area contributed by atoms with Gasteiger partial charge < -0.3 is 10.3 Å². The summed E-state index contributed by atoms with van der Waals surface area (Å²) in [5.74, 6) is 3.78. The maximum absolute atomic E-state index is 4.97. The van der Waals surface area contributed by atoms with Crippen LogP contribution in [0.15, 0.2) is 59.4 Å². The number of hydrazine groups is 1. The maximum Gasteiger partial charge on any atom is 0.224 e. The average molecular weight is 495 g/mol. The number of benzene rings is 1. The molecule has 2 N–H and O–H groups in total. The molecule has 0 fully saturated rings. The third-order valence-electron chi connectivity index (χ3n) is 6.89. The number of nitrogens with zero attached hydrogens (tertiary/aromatic N) is 6. The van der Waals surface area contributed by atoms with Gasteiger partial charge in [-0.3, -0.25) is 4.68 Å². The summed E-state index contributed by atoms with van der Waals surface area (Å²) in [5.41, 5.74) is 13.5. The number of fused-ring (bicyclic) bond motifs is 3. The predicted octanol–water partition coefficient (Wildman–Crippen LogP) is 4.31. The molecule has 3 aromatic rings. The SMILES string of the molecule is CC/C(C)=C\C(=C=NC)c1cccc(Cc2c3c(nn2C)CCc2cnc(NC4C=CN(C)N4)nc2-3)c1. The lowest BCUT2D eigenvalue weighted by Crippen LogP contribution is -2.37. The first kappa shape index (κ1) is 24.7. The third-order valence-corrected chi connectivity index (χ3v) is 6.89. The van der Waals surface area contributed by atoms with Crippen LogP contribution in [0.3, 0.4) is 0 Å². The van der Waals surface area contributed by atoms with E-state index in [0.29, 0.717) is 5.95 Å². The van der Waals surface area contributed by atoms with Crippen LogP contribution in [0.4, 0.5) is 5.95 Å². The largest absolute Gasteiger partial charge is 0.334 e. The van der Waals surface area contributed by atoms with Crippen LogP contribution in [0.1, 0.15) is 48.3 Å². The Balaban J connectivity index is 1.49. The Morgan fingerprint density at radius 3 is 2.92 bits per heavy atom. The van der Waals surface area contributed by atoms with Crippen LogP contribution in [0.5, 0.6) is 0 Å². The number of allylic oxidation sites excluding steroid dienone is 3. The second-order valence-corrected chi connectivity index (χ2v) is 9.63. The van der Waals surface area contributed by atoms with E-state index in [2.05, 4.69) is 70.8 Å². The van der Waals surface area contributed by atoms with Crippen LogP contribution in [0.25, 0.3) is 16.8 Å². The smallest absolute Gasteiger partial charge is 0.224 e. The molecule has 1 aliphatic heterocycles. The second kappa shape index (κ2) is 10.5. The van der Waals surface area contributed by atoms with Gasteiger partial charge >= 0.3 is 0 Å². The summed E-state index contributed by atoms with van der Waals surface area (Å²) in [5, 5.41) is 10.2. The Morgan fingerprint density at radius 1 is 1.30 bits per heavy atom. The minimum absolute atomic E-state index is 0.0403. The Morgan fingerprint density at radius 2 is 2.16 bits per heavy atom. The first-order valence-corrected chi connectivity index (χ1v) is 12.8. The van der Waals surface area contributed by atoms with Gasteiger partial charge in [-0.1, -0.05) is 36.8 Å². The Bertz CT molecular complexity index is 1440. The van der Waals surface area contributed by atoms with E-state index in [-0.39, 0.29) is 6.17 Å². The number of aromatic nitrogens is 4. The van der Waals surface area contributed by atoms with Crippen molar-refractivity contribution in [2.45, 2.75) is 45.7 Å². The molecule has 0 bridgehead atoms. The van der Waals surface area contributed by atoms with Crippen LogP contribution < -0.4 is 10.7 Å². The quantitative estimate of drug-likeness (QED) is 0.376. The van der Waals surface area contributed by atoms with E-state index >= 15 is 0 Å². The van der Waals surface area contributed by atoms with Crippen molar-refractivity contribution in [3.05, 3.63) is 82.5 Å². The van der Waals surface area contributed by atoms with Gasteiger partial charge in [-0.05, 0) is 60.9 Å². The van der Waals surface area contributed by atoms with Gasteiger partial charge in [-0.2, -0.15) is 5.10 Å². The molecule has 1 atom stereocenters. The van der Waals surface area contributed by atoms with E-state index in [4.69, 9.17) is 10.1 Å². The molecule has 2 aromatic heterocycles. The molecule has 5 rings (SSSR count). The van der Waals surface area contributed by atoms with Crippen molar-refractivity contribution in [3.63, 3.8) is 0 Å². The van der Waals surface area contributed by atoms with Crippen LogP contribution in [-0.4, -0.2) is 50.9 Å². The van der Waals surface area contributed by atoms with Gasteiger partial charge in [-0.25, -0.2) is 20.4 Å². The lowest BCUT2D eigenvalue weighted by molar-refractivity contribution is 0.342. The van der Waals surface area contributed by atoms with Gasteiger partial charge in [-0.15, -0.1) is 0 Å². The summed E-state index contributed by atoms with van der Waals surface area (Å²) < 4.78 is 2.02. The lowest BCUT2D eigenvalue weighted by Gasteiger charge is -2.19. The van der Waals surface area contributed by atoms with Gasteiger partial charge in [0, 0.05) is 51.1 Å². The van der Waals surface area contributed by atoms with Gasteiger partial charge in [0.2, 0.25) is 5.95 Å². The number of aryl methyl sites for hydroxylation is 3. The molecule has 8 nitrogen and oxygen atoms in total. The zero-order valence-corrected chi connectivity index (χ0v) is 22.2. The molecular weight excluding hydrogens is 460 g/mol. The summed E-state index contributed by atoms with van der Waals surface area (Å²) in [6.07, 6.45) is 11.6. The van der Waals surface area contributed by atoms with E-state index in [1.807, 2.05) is 42.3 Å². The standard InChI is InChI=1S/C29H34N8/c1-6-19(2)14-23(17-30-3)21-9-7-8-20(15-21)16-25-27-24(34-37(25)5)11-10-22-18-31-29(33-28(22)27)32-26-12-13-36(4)35-26/h7-9,12-15,18,26,35H,6,10-11,16H2,1-5H3,(H,31,32,33)/b19-14-. The fourth-order valence-electron chi connectivity index (χ4n) is 4.83. The molecule has 3 heterocycles. The van der Waals surface area contributed by atoms with Crippen molar-refractivity contribution in [3.8, 4) is 11.3 Å². The first-order chi connectivity index (χ1) is 17.9. The molecular formula is C29H34N8. The summed E-state index contributed by atoms with van der Waals surface area (Å²) in [6, 6.07) is 8.64. The number of hydrogen-bond donors (Lipinski definition) is 2. The highest BCUT2D eigenvalue weighted by molar-refractivity contribution is 5.95. The molecule has 2 aliphatic rings. The Kier molecular flexibility index (Phi) is 7.04. The van der Waals surface area contributed by atoms with E-state index < -0.39 is 0 Å². The third kappa shape index (κ3) is 5.26. The molecule has 1 unspecified atom stereocenters. The minimum atomic E-state index is -0.0403.